The third kappa shape index (κ3) is 2.74. The Morgan fingerprint density at radius 3 is 2.75 bits per heavy atom. The molecule has 3 heterocycles. The van der Waals surface area contributed by atoms with Crippen LogP contribution >= 0.6 is 0 Å². The van der Waals surface area contributed by atoms with Gasteiger partial charge in [-0.2, -0.15) is 4.98 Å². The van der Waals surface area contributed by atoms with Crippen LogP contribution < -0.4 is 15.5 Å². The Morgan fingerprint density at radius 2 is 2.04 bits per heavy atom. The normalized spacial score (nSPS) is 22.0. The third-order valence-electron chi connectivity index (χ3n) is 4.53. The number of likely N-dealkylation sites (N-methyl/N-ethyl adjacent to an activating group) is 1. The molecule has 0 bridgehead atoms. The topological polar surface area (TPSA) is 86.5 Å². The summed E-state index contributed by atoms with van der Waals surface area (Å²) in [7, 11) is 2.07. The van der Waals surface area contributed by atoms with Crippen LogP contribution in [0.3, 0.4) is 0 Å². The van der Waals surface area contributed by atoms with Crippen molar-refractivity contribution in [3.8, 4) is 11.5 Å². The number of hydrogen-bond acceptors (Lipinski definition) is 6. The average Bonchev–Trinajstić information content (AvgIpc) is 3.25. The largest absolute Gasteiger partial charge is 0.336 e. The summed E-state index contributed by atoms with van der Waals surface area (Å²) in [6.45, 7) is 4.11. The first-order valence-corrected chi connectivity index (χ1v) is 8.13. The molecule has 2 aliphatic heterocycles. The van der Waals surface area contributed by atoms with E-state index < -0.39 is 0 Å². The highest BCUT2D eigenvalue weighted by molar-refractivity contribution is 5.94. The van der Waals surface area contributed by atoms with E-state index >= 15 is 0 Å². The molecule has 2 fully saturated rings. The first-order valence-electron chi connectivity index (χ1n) is 8.13. The summed E-state index contributed by atoms with van der Waals surface area (Å²) < 4.78 is 5.43. The van der Waals surface area contributed by atoms with Crippen molar-refractivity contribution in [1.29, 1.82) is 0 Å². The van der Waals surface area contributed by atoms with E-state index in [4.69, 9.17) is 4.52 Å². The molecular formula is C16H20N6O2. The highest BCUT2D eigenvalue weighted by atomic mass is 16.5. The zero-order chi connectivity index (χ0) is 16.5. The summed E-state index contributed by atoms with van der Waals surface area (Å²) in [6, 6.07) is 7.68. The molecule has 2 amide bonds. The van der Waals surface area contributed by atoms with Gasteiger partial charge in [0.05, 0.1) is 6.04 Å². The van der Waals surface area contributed by atoms with E-state index in [1.54, 1.807) is 4.90 Å². The molecule has 1 aromatic heterocycles. The lowest BCUT2D eigenvalue weighted by molar-refractivity contribution is 0.190. The highest BCUT2D eigenvalue weighted by Crippen LogP contribution is 2.25. The number of benzene rings is 1. The maximum atomic E-state index is 11.7. The summed E-state index contributed by atoms with van der Waals surface area (Å²) in [6.07, 6.45) is 0. The number of urea groups is 1. The first kappa shape index (κ1) is 15.1. The van der Waals surface area contributed by atoms with Crippen LogP contribution in [0.25, 0.3) is 11.5 Å². The van der Waals surface area contributed by atoms with E-state index in [1.165, 1.54) is 0 Å². The van der Waals surface area contributed by atoms with E-state index in [1.807, 2.05) is 24.3 Å². The van der Waals surface area contributed by atoms with Gasteiger partial charge in [0, 0.05) is 44.0 Å². The van der Waals surface area contributed by atoms with Crippen molar-refractivity contribution in [2.75, 3.05) is 44.7 Å². The van der Waals surface area contributed by atoms with Gasteiger partial charge >= 0.3 is 6.03 Å². The highest BCUT2D eigenvalue weighted by Gasteiger charge is 2.26. The smallest absolute Gasteiger partial charge is 0.321 e. The first-order chi connectivity index (χ1) is 11.7. The fourth-order valence-corrected chi connectivity index (χ4v) is 3.08. The second-order valence-corrected chi connectivity index (χ2v) is 6.09. The summed E-state index contributed by atoms with van der Waals surface area (Å²) in [5, 5.41) is 10.3. The zero-order valence-electron chi connectivity index (χ0n) is 13.5. The molecule has 0 aliphatic carbocycles. The molecule has 1 unspecified atom stereocenters. The van der Waals surface area contributed by atoms with Crippen LogP contribution in [0.1, 0.15) is 11.9 Å². The fraction of sp³-hybridized carbons (Fsp3) is 0.438. The minimum Gasteiger partial charge on any atom is -0.336 e. The van der Waals surface area contributed by atoms with Crippen molar-refractivity contribution in [3.05, 3.63) is 30.1 Å². The van der Waals surface area contributed by atoms with E-state index in [0.29, 0.717) is 24.8 Å². The summed E-state index contributed by atoms with van der Waals surface area (Å²) in [5.41, 5.74) is 1.72. The predicted octanol–water partition coefficient (Wildman–Crippen LogP) is 0.842. The molecule has 2 N–H and O–H groups in total. The Labute approximate surface area is 139 Å². The van der Waals surface area contributed by atoms with Crippen LogP contribution in [-0.4, -0.2) is 60.8 Å². The van der Waals surface area contributed by atoms with Crippen LogP contribution in [0.15, 0.2) is 28.8 Å². The van der Waals surface area contributed by atoms with Gasteiger partial charge in [-0.1, -0.05) is 5.16 Å². The van der Waals surface area contributed by atoms with Gasteiger partial charge in [0.15, 0.2) is 5.82 Å². The van der Waals surface area contributed by atoms with Crippen LogP contribution in [0.5, 0.6) is 0 Å². The van der Waals surface area contributed by atoms with Gasteiger partial charge in [0.1, 0.15) is 0 Å². The van der Waals surface area contributed by atoms with E-state index in [-0.39, 0.29) is 12.1 Å². The molecule has 2 saturated heterocycles. The Morgan fingerprint density at radius 1 is 1.21 bits per heavy atom. The standard InChI is InChI=1S/C16H20N6O2/c1-21-8-6-17-10-13(21)14-19-15(24-20-14)11-2-4-12(5-3-11)22-9-7-18-16(22)23/h2-5,13,17H,6-10H2,1H3,(H,18,23). The number of carbonyl (C=O) groups is 1. The monoisotopic (exact) mass is 328 g/mol. The number of rotatable bonds is 3. The fourth-order valence-electron chi connectivity index (χ4n) is 3.08. The van der Waals surface area contributed by atoms with Gasteiger partial charge in [-0.3, -0.25) is 9.80 Å². The molecule has 4 rings (SSSR count). The molecule has 0 spiro atoms. The lowest BCUT2D eigenvalue weighted by atomic mass is 10.2. The second kappa shape index (κ2) is 6.21. The summed E-state index contributed by atoms with van der Waals surface area (Å²) in [4.78, 5) is 20.2. The Bertz CT molecular complexity index is 728. The van der Waals surface area contributed by atoms with Gasteiger partial charge < -0.3 is 15.2 Å². The minimum atomic E-state index is -0.0596. The number of nitrogens with zero attached hydrogens (tertiary/aromatic N) is 4. The van der Waals surface area contributed by atoms with Crippen molar-refractivity contribution in [1.82, 2.24) is 25.7 Å². The van der Waals surface area contributed by atoms with Gasteiger partial charge in [0.25, 0.3) is 5.89 Å². The number of amides is 2. The van der Waals surface area contributed by atoms with Crippen molar-refractivity contribution < 1.29 is 9.32 Å². The SMILES string of the molecule is CN1CCNCC1c1noc(-c2ccc(N3CCNC3=O)cc2)n1. The molecule has 126 valence electrons. The average molecular weight is 328 g/mol. The van der Waals surface area contributed by atoms with E-state index in [9.17, 15) is 4.79 Å². The van der Waals surface area contributed by atoms with Gasteiger partial charge in [0.2, 0.25) is 0 Å². The molecule has 2 aromatic rings. The molecule has 8 heteroatoms. The molecule has 1 atom stereocenters. The maximum absolute atomic E-state index is 11.7. The molecule has 2 aliphatic rings. The van der Waals surface area contributed by atoms with E-state index in [0.717, 1.165) is 30.9 Å². The number of aromatic nitrogens is 2. The van der Waals surface area contributed by atoms with Crippen LogP contribution in [0.2, 0.25) is 0 Å². The van der Waals surface area contributed by atoms with E-state index in [2.05, 4.69) is 32.7 Å². The van der Waals surface area contributed by atoms with Crippen molar-refractivity contribution in [3.63, 3.8) is 0 Å². The number of nitrogens with one attached hydrogen (secondary N) is 2. The third-order valence-corrected chi connectivity index (χ3v) is 4.53. The van der Waals surface area contributed by atoms with Crippen molar-refractivity contribution >= 4 is 11.7 Å². The van der Waals surface area contributed by atoms with Crippen molar-refractivity contribution in [2.24, 2.45) is 0 Å². The molecule has 8 nitrogen and oxygen atoms in total. The molecule has 0 saturated carbocycles. The molecular weight excluding hydrogens is 308 g/mol. The predicted molar refractivity (Wildman–Crippen MR) is 88.7 cm³/mol. The van der Waals surface area contributed by atoms with Crippen LogP contribution in [0.4, 0.5) is 10.5 Å². The quantitative estimate of drug-likeness (QED) is 0.868. The number of anilines is 1. The Hall–Kier alpha value is -2.45. The van der Waals surface area contributed by atoms with Gasteiger partial charge in [-0.15, -0.1) is 0 Å². The molecule has 0 radical (unpaired) electrons. The number of piperazine rings is 1. The number of hydrogen-bond donors (Lipinski definition) is 2. The minimum absolute atomic E-state index is 0.0596. The Balaban J connectivity index is 1.53. The number of carbonyl (C=O) groups excluding carboxylic acids is 1. The summed E-state index contributed by atoms with van der Waals surface area (Å²) in [5.74, 6) is 1.20. The zero-order valence-corrected chi connectivity index (χ0v) is 13.5. The summed E-state index contributed by atoms with van der Waals surface area (Å²) >= 11 is 0. The van der Waals surface area contributed by atoms with Gasteiger partial charge in [-0.05, 0) is 31.3 Å². The van der Waals surface area contributed by atoms with Crippen molar-refractivity contribution in [2.45, 2.75) is 6.04 Å². The lowest BCUT2D eigenvalue weighted by Crippen LogP contribution is -2.44. The van der Waals surface area contributed by atoms with Crippen LogP contribution in [-0.2, 0) is 0 Å². The van der Waals surface area contributed by atoms with Gasteiger partial charge in [-0.25, -0.2) is 4.79 Å². The second-order valence-electron chi connectivity index (χ2n) is 6.09. The molecule has 24 heavy (non-hydrogen) atoms. The lowest BCUT2D eigenvalue weighted by Gasteiger charge is -2.30. The van der Waals surface area contributed by atoms with Crippen LogP contribution in [0, 0.1) is 0 Å². The maximum Gasteiger partial charge on any atom is 0.321 e. The molecule has 1 aromatic carbocycles. The Kier molecular flexibility index (Phi) is 3.91.